The minimum atomic E-state index is -3.65. The van der Waals surface area contributed by atoms with Gasteiger partial charge in [-0.3, -0.25) is 9.59 Å². The number of hydrogen-bond acceptors (Lipinski definition) is 4. The number of aromatic nitrogens is 1. The van der Waals surface area contributed by atoms with Crippen molar-refractivity contribution in [1.82, 2.24) is 14.8 Å². The number of carbonyl (C=O) groups excluding carboxylic acids is 2. The molecule has 0 spiro atoms. The lowest BCUT2D eigenvalue weighted by Gasteiger charge is -2.36. The number of carbonyl (C=O) groups is 2. The molecule has 3 aromatic rings. The molecule has 0 saturated carbocycles. The van der Waals surface area contributed by atoms with Crippen LogP contribution in [0, 0.1) is 5.82 Å². The Hall–Kier alpha value is -3.53. The zero-order valence-electron chi connectivity index (χ0n) is 17.3. The number of rotatable bonds is 4. The molecule has 1 aromatic heterocycles. The van der Waals surface area contributed by atoms with E-state index in [1.165, 1.54) is 23.2 Å². The minimum absolute atomic E-state index is 0.00542. The third-order valence-electron chi connectivity index (χ3n) is 5.24. The van der Waals surface area contributed by atoms with Crippen LogP contribution in [0.1, 0.15) is 15.9 Å². The molecule has 1 aliphatic heterocycles. The lowest BCUT2D eigenvalue weighted by Crippen LogP contribution is -2.52. The van der Waals surface area contributed by atoms with Crippen molar-refractivity contribution in [2.45, 2.75) is 0 Å². The van der Waals surface area contributed by atoms with Gasteiger partial charge in [-0.05, 0) is 12.1 Å². The van der Waals surface area contributed by atoms with Gasteiger partial charge in [-0.2, -0.15) is 0 Å². The number of nitrogens with zero attached hydrogens (tertiary/aromatic N) is 3. The fourth-order valence-electron chi connectivity index (χ4n) is 3.74. The fraction of sp³-hybridized carbons (Fsp3) is 0.227. The molecular formula is C22H21FN4O4S. The largest absolute Gasteiger partial charge is 0.360 e. The number of Topliss-reactive ketones (excluding diaryl/α,β-unsaturated/α-hetero) is 1. The van der Waals surface area contributed by atoms with Gasteiger partial charge in [0.25, 0.3) is 21.7 Å². The second-order valence-corrected chi connectivity index (χ2v) is 9.14. The van der Waals surface area contributed by atoms with Gasteiger partial charge < -0.3 is 14.8 Å². The van der Waals surface area contributed by atoms with E-state index >= 15 is 0 Å². The van der Waals surface area contributed by atoms with E-state index in [0.717, 1.165) is 6.26 Å². The van der Waals surface area contributed by atoms with Crippen LogP contribution in [0.15, 0.2) is 59.1 Å². The normalized spacial score (nSPS) is 15.2. The number of fused-ring (bicyclic) bond motifs is 1. The first-order valence-electron chi connectivity index (χ1n) is 9.94. The molecule has 0 bridgehead atoms. The number of H-pyrrole nitrogens is 1. The van der Waals surface area contributed by atoms with Gasteiger partial charge in [-0.1, -0.05) is 36.4 Å². The molecule has 166 valence electrons. The minimum Gasteiger partial charge on any atom is -0.360 e. The fourth-order valence-corrected chi connectivity index (χ4v) is 4.27. The maximum atomic E-state index is 14.2. The summed E-state index contributed by atoms with van der Waals surface area (Å²) in [7, 11) is -3.65. The van der Waals surface area contributed by atoms with Gasteiger partial charge in [0.2, 0.25) is 0 Å². The van der Waals surface area contributed by atoms with E-state index in [0.29, 0.717) is 30.0 Å². The number of amidine groups is 1. The highest BCUT2D eigenvalue weighted by Crippen LogP contribution is 2.23. The quantitative estimate of drug-likeness (QED) is 0.280. The molecule has 10 heteroatoms. The van der Waals surface area contributed by atoms with Gasteiger partial charge in [0.1, 0.15) is 11.7 Å². The molecule has 2 heterocycles. The van der Waals surface area contributed by atoms with Crippen molar-refractivity contribution in [3.8, 4) is 0 Å². The number of hydrogen-bond donors (Lipinski definition) is 1. The maximum Gasteiger partial charge on any atom is 0.295 e. The highest BCUT2D eigenvalue weighted by molar-refractivity contribution is 7.89. The zero-order chi connectivity index (χ0) is 22.9. The summed E-state index contributed by atoms with van der Waals surface area (Å²) in [6.07, 6.45) is 2.37. The van der Waals surface area contributed by atoms with Crippen LogP contribution in [0.25, 0.3) is 10.9 Å². The summed E-state index contributed by atoms with van der Waals surface area (Å²) in [5, 5.41) is 0.0936. The van der Waals surface area contributed by atoms with Crippen LogP contribution < -0.4 is 0 Å². The first-order valence-corrected chi connectivity index (χ1v) is 11.8. The number of sulfonamides is 1. The Bertz CT molecular complexity index is 1310. The Labute approximate surface area is 184 Å². The third kappa shape index (κ3) is 4.40. The molecule has 0 atom stereocenters. The van der Waals surface area contributed by atoms with Gasteiger partial charge in [-0.15, -0.1) is 4.40 Å². The predicted molar refractivity (Wildman–Crippen MR) is 119 cm³/mol. The average Bonchev–Trinajstić information content (AvgIpc) is 3.22. The van der Waals surface area contributed by atoms with Gasteiger partial charge in [0.15, 0.2) is 0 Å². The molecule has 32 heavy (non-hydrogen) atoms. The lowest BCUT2D eigenvalue weighted by molar-refractivity contribution is -0.127. The molecule has 0 aliphatic carbocycles. The summed E-state index contributed by atoms with van der Waals surface area (Å²) in [5.41, 5.74) is 1.08. The molecule has 0 radical (unpaired) electrons. The molecule has 0 unspecified atom stereocenters. The Morgan fingerprint density at radius 3 is 2.28 bits per heavy atom. The molecule has 1 N–H and O–H groups in total. The van der Waals surface area contributed by atoms with Crippen LogP contribution in [0.5, 0.6) is 0 Å². The highest BCUT2D eigenvalue weighted by atomic mass is 32.2. The number of aromatic amines is 1. The molecule has 1 amide bonds. The van der Waals surface area contributed by atoms with E-state index in [-0.39, 0.29) is 24.0 Å². The number of ketones is 1. The van der Waals surface area contributed by atoms with Crippen molar-refractivity contribution in [3.05, 3.63) is 71.7 Å². The van der Waals surface area contributed by atoms with Gasteiger partial charge in [0.05, 0.1) is 11.8 Å². The van der Waals surface area contributed by atoms with E-state index in [2.05, 4.69) is 9.38 Å². The number of amides is 1. The number of halogens is 1. The summed E-state index contributed by atoms with van der Waals surface area (Å²) in [5.74, 6) is -1.79. The van der Waals surface area contributed by atoms with Crippen LogP contribution in [-0.4, -0.2) is 73.2 Å². The summed E-state index contributed by atoms with van der Waals surface area (Å²) < 4.78 is 41.8. The molecule has 8 nitrogen and oxygen atoms in total. The van der Waals surface area contributed by atoms with E-state index in [1.54, 1.807) is 35.2 Å². The molecule has 2 aromatic carbocycles. The summed E-state index contributed by atoms with van der Waals surface area (Å²) >= 11 is 0. The second-order valence-electron chi connectivity index (χ2n) is 7.49. The van der Waals surface area contributed by atoms with Crippen molar-refractivity contribution in [2.75, 3.05) is 32.4 Å². The first kappa shape index (κ1) is 21.7. The van der Waals surface area contributed by atoms with Crippen molar-refractivity contribution >= 4 is 38.5 Å². The Morgan fingerprint density at radius 1 is 0.969 bits per heavy atom. The summed E-state index contributed by atoms with van der Waals surface area (Å²) in [6, 6.07) is 13.3. The van der Waals surface area contributed by atoms with Crippen molar-refractivity contribution in [1.29, 1.82) is 0 Å². The Balaban J connectivity index is 1.52. The predicted octanol–water partition coefficient (Wildman–Crippen LogP) is 2.04. The topological polar surface area (TPSA) is 103 Å². The van der Waals surface area contributed by atoms with E-state index in [9.17, 15) is 22.4 Å². The average molecular weight is 456 g/mol. The smallest absolute Gasteiger partial charge is 0.295 e. The second kappa shape index (κ2) is 8.54. The van der Waals surface area contributed by atoms with Crippen LogP contribution in [-0.2, 0) is 14.8 Å². The first-order chi connectivity index (χ1) is 15.2. The Kier molecular flexibility index (Phi) is 5.79. The standard InChI is InChI=1S/C22H21FN4O4S/c1-32(30,31)25-21(15-6-3-2-4-7-15)26-10-12-27(13-11-26)22(29)20(28)16-14-24-18-9-5-8-17(23)19(16)18/h2-9,14,24H,10-13H2,1H3/b25-21+. The lowest BCUT2D eigenvalue weighted by atomic mass is 10.1. The summed E-state index contributed by atoms with van der Waals surface area (Å²) in [6.45, 7) is 0.991. The molecule has 1 aliphatic rings. The number of benzene rings is 2. The zero-order valence-corrected chi connectivity index (χ0v) is 18.1. The molecule has 1 saturated heterocycles. The number of nitrogens with one attached hydrogen (secondary N) is 1. The Morgan fingerprint density at radius 2 is 1.62 bits per heavy atom. The van der Waals surface area contributed by atoms with Gasteiger partial charge in [-0.25, -0.2) is 12.8 Å². The van der Waals surface area contributed by atoms with Gasteiger partial charge >= 0.3 is 0 Å². The van der Waals surface area contributed by atoms with Crippen LogP contribution in [0.2, 0.25) is 0 Å². The third-order valence-corrected chi connectivity index (χ3v) is 5.75. The van der Waals surface area contributed by atoms with E-state index in [4.69, 9.17) is 0 Å². The van der Waals surface area contributed by atoms with Crippen molar-refractivity contribution < 1.29 is 22.4 Å². The highest BCUT2D eigenvalue weighted by Gasteiger charge is 2.30. The molecule has 4 rings (SSSR count). The van der Waals surface area contributed by atoms with Gasteiger partial charge in [0, 0.05) is 48.8 Å². The molecular weight excluding hydrogens is 435 g/mol. The number of piperazine rings is 1. The summed E-state index contributed by atoms with van der Waals surface area (Å²) in [4.78, 5) is 31.6. The van der Waals surface area contributed by atoms with Crippen LogP contribution >= 0.6 is 0 Å². The van der Waals surface area contributed by atoms with Crippen molar-refractivity contribution in [3.63, 3.8) is 0 Å². The van der Waals surface area contributed by atoms with Crippen molar-refractivity contribution in [2.24, 2.45) is 4.40 Å². The van der Waals surface area contributed by atoms with E-state index < -0.39 is 27.5 Å². The molecule has 1 fully saturated rings. The monoisotopic (exact) mass is 456 g/mol. The SMILES string of the molecule is CS(=O)(=O)/N=C(\c1ccccc1)N1CCN(C(=O)C(=O)c2c[nH]c3cccc(F)c23)CC1. The maximum absolute atomic E-state index is 14.2. The van der Waals surface area contributed by atoms with Crippen LogP contribution in [0.3, 0.4) is 0 Å². The van der Waals surface area contributed by atoms with Crippen LogP contribution in [0.4, 0.5) is 4.39 Å². The van der Waals surface area contributed by atoms with E-state index in [1.807, 2.05) is 6.07 Å².